The zero-order valence-corrected chi connectivity index (χ0v) is 12.0. The molecule has 1 heterocycles. The summed E-state index contributed by atoms with van der Waals surface area (Å²) in [4.78, 5) is 8.81. The minimum absolute atomic E-state index is 0.0381. The Bertz CT molecular complexity index is 266. The van der Waals surface area contributed by atoms with E-state index in [0.29, 0.717) is 0 Å². The maximum atomic E-state index is 4.41. The molecule has 0 aromatic carbocycles. The van der Waals surface area contributed by atoms with E-state index in [1.807, 2.05) is 26.2 Å². The lowest BCUT2D eigenvalue weighted by Gasteiger charge is -2.20. The highest BCUT2D eigenvalue weighted by Gasteiger charge is 2.19. The molecule has 1 rings (SSSR count). The number of rotatable bonds is 0. The van der Waals surface area contributed by atoms with Crippen molar-refractivity contribution < 1.29 is 0 Å². The lowest BCUT2D eigenvalue weighted by atomic mass is 9.89. The monoisotopic (exact) mass is 222 g/mol. The van der Waals surface area contributed by atoms with Crippen molar-refractivity contribution in [1.82, 2.24) is 9.97 Å². The maximum absolute atomic E-state index is 4.41. The van der Waals surface area contributed by atoms with Crippen molar-refractivity contribution in [2.24, 2.45) is 0 Å². The molecule has 0 aliphatic carbocycles. The Labute approximate surface area is 101 Å². The molecule has 0 bridgehead atoms. The van der Waals surface area contributed by atoms with E-state index >= 15 is 0 Å². The summed E-state index contributed by atoms with van der Waals surface area (Å²) in [5.41, 5.74) is 1.36. The van der Waals surface area contributed by atoms with Crippen LogP contribution in [0.2, 0.25) is 0 Å². The maximum Gasteiger partial charge on any atom is 0.133 e. The topological polar surface area (TPSA) is 25.8 Å². The number of aromatic nitrogens is 2. The number of nitrogens with zero attached hydrogens (tertiary/aromatic N) is 2. The number of hydrogen-bond acceptors (Lipinski definition) is 2. The van der Waals surface area contributed by atoms with Gasteiger partial charge in [-0.25, -0.2) is 9.97 Å². The summed E-state index contributed by atoms with van der Waals surface area (Å²) >= 11 is 0. The van der Waals surface area contributed by atoms with Crippen LogP contribution in [0.3, 0.4) is 0 Å². The van der Waals surface area contributed by atoms with Gasteiger partial charge in [-0.2, -0.15) is 0 Å². The summed E-state index contributed by atoms with van der Waals surface area (Å²) in [7, 11) is 0. The van der Waals surface area contributed by atoms with Crippen molar-refractivity contribution in [2.75, 3.05) is 0 Å². The van der Waals surface area contributed by atoms with Crippen LogP contribution in [0.15, 0.2) is 12.4 Å². The second kappa shape index (κ2) is 5.42. The van der Waals surface area contributed by atoms with Gasteiger partial charge in [-0.3, -0.25) is 0 Å². The Balaban J connectivity index is 0.00000106. The zero-order valence-electron chi connectivity index (χ0n) is 12.0. The summed E-state index contributed by atoms with van der Waals surface area (Å²) in [5, 5.41) is 0. The Kier molecular flexibility index (Phi) is 5.11. The summed E-state index contributed by atoms with van der Waals surface area (Å²) in [6.07, 6.45) is 3.88. The molecule has 0 aliphatic rings. The fourth-order valence-electron chi connectivity index (χ4n) is 1.10. The van der Waals surface area contributed by atoms with Crippen LogP contribution in [-0.4, -0.2) is 9.97 Å². The molecule has 0 spiro atoms. The molecule has 1 aromatic heterocycles. The van der Waals surface area contributed by atoms with Crippen molar-refractivity contribution in [1.29, 1.82) is 0 Å². The van der Waals surface area contributed by atoms with Crippen LogP contribution in [0.5, 0.6) is 0 Å². The molecule has 0 N–H and O–H groups in total. The van der Waals surface area contributed by atoms with E-state index in [1.54, 1.807) is 0 Å². The predicted octanol–water partition coefficient (Wildman–Crippen LogP) is 4.10. The van der Waals surface area contributed by atoms with Gasteiger partial charge in [0.2, 0.25) is 0 Å². The van der Waals surface area contributed by atoms with E-state index in [4.69, 9.17) is 0 Å². The van der Waals surface area contributed by atoms with Crippen LogP contribution < -0.4 is 0 Å². The molecule has 0 saturated heterocycles. The third-order valence-corrected chi connectivity index (χ3v) is 2.19. The molecule has 0 aliphatic heterocycles. The van der Waals surface area contributed by atoms with Gasteiger partial charge in [-0.05, 0) is 11.0 Å². The normalized spacial score (nSPS) is 11.8. The first-order valence-electron chi connectivity index (χ1n) is 6.04. The second-order valence-electron chi connectivity index (χ2n) is 5.80. The first-order valence-corrected chi connectivity index (χ1v) is 6.04. The van der Waals surface area contributed by atoms with Crippen molar-refractivity contribution in [3.63, 3.8) is 0 Å². The Morgan fingerprint density at radius 1 is 0.750 bits per heavy atom. The van der Waals surface area contributed by atoms with E-state index < -0.39 is 0 Å². The second-order valence-corrected chi connectivity index (χ2v) is 5.80. The van der Waals surface area contributed by atoms with Gasteiger partial charge in [-0.15, -0.1) is 0 Å². The molecule has 0 atom stereocenters. The summed E-state index contributed by atoms with van der Waals surface area (Å²) < 4.78 is 0. The molecule has 2 nitrogen and oxygen atoms in total. The van der Waals surface area contributed by atoms with Gasteiger partial charge < -0.3 is 0 Å². The minimum atomic E-state index is 0.0381. The standard InChI is InChI=1S/C12H20N2.C2H6/c1-11(2,3)9-7-13-10(14-8-9)12(4,5)6;1-2/h7-8H,1-6H3;1-2H3. The van der Waals surface area contributed by atoms with Crippen LogP contribution in [0.25, 0.3) is 0 Å². The van der Waals surface area contributed by atoms with E-state index in [1.165, 1.54) is 5.56 Å². The van der Waals surface area contributed by atoms with Crippen LogP contribution in [-0.2, 0) is 10.8 Å². The Morgan fingerprint density at radius 2 is 1.12 bits per heavy atom. The van der Waals surface area contributed by atoms with Crippen molar-refractivity contribution in [3.8, 4) is 0 Å². The molecule has 0 fully saturated rings. The van der Waals surface area contributed by atoms with E-state index in [9.17, 15) is 0 Å². The Morgan fingerprint density at radius 3 is 1.38 bits per heavy atom. The lowest BCUT2D eigenvalue weighted by Crippen LogP contribution is -2.18. The zero-order chi connectivity index (χ0) is 13.0. The quantitative estimate of drug-likeness (QED) is 0.660. The molecule has 0 saturated carbocycles. The summed E-state index contributed by atoms with van der Waals surface area (Å²) in [5.74, 6) is 0.908. The molecule has 0 amide bonds. The highest BCUT2D eigenvalue weighted by atomic mass is 14.9. The van der Waals surface area contributed by atoms with Crippen LogP contribution in [0, 0.1) is 0 Å². The van der Waals surface area contributed by atoms with Gasteiger partial charge in [-0.1, -0.05) is 55.4 Å². The van der Waals surface area contributed by atoms with Crippen molar-refractivity contribution in [3.05, 3.63) is 23.8 Å². The van der Waals surface area contributed by atoms with E-state index in [0.717, 1.165) is 5.82 Å². The largest absolute Gasteiger partial charge is 0.241 e. The third-order valence-electron chi connectivity index (χ3n) is 2.19. The molecular weight excluding hydrogens is 196 g/mol. The lowest BCUT2D eigenvalue weighted by molar-refractivity contribution is 0.532. The van der Waals surface area contributed by atoms with Crippen LogP contribution in [0.4, 0.5) is 0 Å². The molecule has 2 heteroatoms. The van der Waals surface area contributed by atoms with Gasteiger partial charge in [0, 0.05) is 17.8 Å². The first kappa shape index (κ1) is 15.1. The highest BCUT2D eigenvalue weighted by molar-refractivity contribution is 5.17. The molecule has 1 aromatic rings. The van der Waals surface area contributed by atoms with Gasteiger partial charge >= 0.3 is 0 Å². The van der Waals surface area contributed by atoms with Crippen LogP contribution in [0.1, 0.15) is 66.8 Å². The average molecular weight is 222 g/mol. The van der Waals surface area contributed by atoms with Gasteiger partial charge in [0.25, 0.3) is 0 Å². The number of hydrogen-bond donors (Lipinski definition) is 0. The molecule has 92 valence electrons. The smallest absolute Gasteiger partial charge is 0.133 e. The third kappa shape index (κ3) is 4.30. The summed E-state index contributed by atoms with van der Waals surface area (Å²) in [6.45, 7) is 16.9. The van der Waals surface area contributed by atoms with E-state index in [-0.39, 0.29) is 10.8 Å². The molecule has 16 heavy (non-hydrogen) atoms. The minimum Gasteiger partial charge on any atom is -0.241 e. The summed E-state index contributed by atoms with van der Waals surface area (Å²) in [6, 6.07) is 0. The van der Waals surface area contributed by atoms with Gasteiger partial charge in [0.05, 0.1) is 0 Å². The van der Waals surface area contributed by atoms with Crippen LogP contribution >= 0.6 is 0 Å². The first-order chi connectivity index (χ1) is 7.21. The van der Waals surface area contributed by atoms with Gasteiger partial charge in [0.15, 0.2) is 0 Å². The van der Waals surface area contributed by atoms with Crippen molar-refractivity contribution in [2.45, 2.75) is 66.2 Å². The fourth-order valence-corrected chi connectivity index (χ4v) is 1.10. The Hall–Kier alpha value is -0.920. The van der Waals surface area contributed by atoms with Crippen molar-refractivity contribution >= 4 is 0 Å². The SMILES string of the molecule is CC.CC(C)(C)c1cnc(C(C)(C)C)nc1. The predicted molar refractivity (Wildman–Crippen MR) is 70.8 cm³/mol. The molecule has 0 unspecified atom stereocenters. The highest BCUT2D eigenvalue weighted by Crippen LogP contribution is 2.22. The molecule has 0 radical (unpaired) electrons. The van der Waals surface area contributed by atoms with Gasteiger partial charge in [0.1, 0.15) is 5.82 Å². The van der Waals surface area contributed by atoms with E-state index in [2.05, 4.69) is 51.5 Å². The average Bonchev–Trinajstić information content (AvgIpc) is 2.18. The molecular formula is C14H26N2. The fraction of sp³-hybridized carbons (Fsp3) is 0.714.